The van der Waals surface area contributed by atoms with Crippen LogP contribution in [0.2, 0.25) is 0 Å². The van der Waals surface area contributed by atoms with Gasteiger partial charge in [-0.2, -0.15) is 0 Å². The molecule has 0 bridgehead atoms. The standard InChI is InChI=1S/C25H29N3O2/c1-3-20-16-24(22-6-4-5-7-23(22)27-20)28-14-12-19(13-15-28)25(29)26-17-18-8-10-21(30-2)11-9-18/h4-11,16,19H,3,12-15,17H2,1-2H3,(H,26,29). The lowest BCUT2D eigenvalue weighted by molar-refractivity contribution is -0.125. The molecule has 0 aliphatic carbocycles. The number of amides is 1. The number of fused-ring (bicyclic) bond motifs is 1. The van der Waals surface area contributed by atoms with Crippen molar-refractivity contribution >= 4 is 22.5 Å². The Kier molecular flexibility index (Phi) is 6.17. The SMILES string of the molecule is CCc1cc(N2CCC(C(=O)NCc3ccc(OC)cc3)CC2)c2ccccc2n1. The van der Waals surface area contributed by atoms with Crippen molar-refractivity contribution in [2.75, 3.05) is 25.1 Å². The molecule has 2 aromatic carbocycles. The van der Waals surface area contributed by atoms with Crippen LogP contribution in [0.15, 0.2) is 54.6 Å². The van der Waals surface area contributed by atoms with Gasteiger partial charge in [-0.05, 0) is 49.1 Å². The van der Waals surface area contributed by atoms with Gasteiger partial charge in [0.15, 0.2) is 0 Å². The van der Waals surface area contributed by atoms with Gasteiger partial charge in [0.2, 0.25) is 5.91 Å². The van der Waals surface area contributed by atoms with Crippen LogP contribution < -0.4 is 15.0 Å². The number of carbonyl (C=O) groups excluding carboxylic acids is 1. The Morgan fingerprint density at radius 2 is 1.87 bits per heavy atom. The van der Waals surface area contributed by atoms with Crippen molar-refractivity contribution in [1.29, 1.82) is 0 Å². The van der Waals surface area contributed by atoms with Gasteiger partial charge >= 0.3 is 0 Å². The number of anilines is 1. The zero-order valence-electron chi connectivity index (χ0n) is 17.7. The zero-order chi connectivity index (χ0) is 20.9. The van der Waals surface area contributed by atoms with Gasteiger partial charge in [-0.3, -0.25) is 9.78 Å². The van der Waals surface area contributed by atoms with Crippen LogP contribution in [0.1, 0.15) is 31.0 Å². The first-order chi connectivity index (χ1) is 14.7. The largest absolute Gasteiger partial charge is 0.497 e. The van der Waals surface area contributed by atoms with Crippen molar-refractivity contribution in [3.8, 4) is 5.75 Å². The lowest BCUT2D eigenvalue weighted by atomic mass is 9.95. The van der Waals surface area contributed by atoms with Gasteiger partial charge < -0.3 is 15.0 Å². The second kappa shape index (κ2) is 9.16. The minimum Gasteiger partial charge on any atom is -0.497 e. The molecular weight excluding hydrogens is 374 g/mol. The van der Waals surface area contributed by atoms with E-state index in [9.17, 15) is 4.79 Å². The predicted octanol–water partition coefficient (Wildman–Crippen LogP) is 4.34. The second-order valence-electron chi connectivity index (χ2n) is 7.83. The fourth-order valence-electron chi connectivity index (χ4n) is 4.11. The quantitative estimate of drug-likeness (QED) is 0.665. The molecule has 1 aromatic heterocycles. The highest BCUT2D eigenvalue weighted by molar-refractivity contribution is 5.92. The van der Waals surface area contributed by atoms with Gasteiger partial charge in [0.25, 0.3) is 0 Å². The Morgan fingerprint density at radius 1 is 1.13 bits per heavy atom. The molecule has 2 heterocycles. The molecule has 1 N–H and O–H groups in total. The third kappa shape index (κ3) is 4.40. The Bertz CT molecular complexity index is 1010. The first-order valence-electron chi connectivity index (χ1n) is 10.7. The van der Waals surface area contributed by atoms with Gasteiger partial charge in [0, 0.05) is 42.3 Å². The molecular formula is C25H29N3O2. The molecule has 30 heavy (non-hydrogen) atoms. The highest BCUT2D eigenvalue weighted by atomic mass is 16.5. The molecule has 0 spiro atoms. The normalized spacial score (nSPS) is 14.7. The summed E-state index contributed by atoms with van der Waals surface area (Å²) in [5.41, 5.74) is 4.49. The molecule has 5 nitrogen and oxygen atoms in total. The van der Waals surface area contributed by atoms with E-state index in [1.54, 1.807) is 7.11 Å². The van der Waals surface area contributed by atoms with E-state index in [-0.39, 0.29) is 11.8 Å². The summed E-state index contributed by atoms with van der Waals surface area (Å²) in [7, 11) is 1.65. The fraction of sp³-hybridized carbons (Fsp3) is 0.360. The van der Waals surface area contributed by atoms with E-state index in [0.29, 0.717) is 6.54 Å². The molecule has 1 aliphatic rings. The first kappa shape index (κ1) is 20.2. The Morgan fingerprint density at radius 3 is 2.57 bits per heavy atom. The Balaban J connectivity index is 1.37. The average Bonchev–Trinajstić information content (AvgIpc) is 2.82. The molecule has 0 unspecified atom stereocenters. The Labute approximate surface area is 178 Å². The maximum Gasteiger partial charge on any atom is 0.223 e. The summed E-state index contributed by atoms with van der Waals surface area (Å²) in [5.74, 6) is 1.05. The number of aromatic nitrogens is 1. The van der Waals surface area contributed by atoms with E-state index in [0.717, 1.165) is 54.9 Å². The van der Waals surface area contributed by atoms with Gasteiger partial charge in [-0.25, -0.2) is 0 Å². The van der Waals surface area contributed by atoms with E-state index >= 15 is 0 Å². The minimum atomic E-state index is 0.0678. The van der Waals surface area contributed by atoms with E-state index < -0.39 is 0 Å². The maximum absolute atomic E-state index is 12.7. The van der Waals surface area contributed by atoms with Crippen LogP contribution in [0.25, 0.3) is 10.9 Å². The van der Waals surface area contributed by atoms with Crippen molar-refractivity contribution in [2.45, 2.75) is 32.7 Å². The zero-order valence-corrected chi connectivity index (χ0v) is 17.7. The number of nitrogens with zero attached hydrogens (tertiary/aromatic N) is 2. The molecule has 1 amide bonds. The van der Waals surface area contributed by atoms with E-state index in [4.69, 9.17) is 9.72 Å². The lowest BCUT2D eigenvalue weighted by Crippen LogP contribution is -2.40. The van der Waals surface area contributed by atoms with Gasteiger partial charge in [-0.15, -0.1) is 0 Å². The van der Waals surface area contributed by atoms with Gasteiger partial charge in [0.1, 0.15) is 5.75 Å². The third-order valence-electron chi connectivity index (χ3n) is 5.94. The fourth-order valence-corrected chi connectivity index (χ4v) is 4.11. The number of benzene rings is 2. The van der Waals surface area contributed by atoms with Crippen molar-refractivity contribution in [3.05, 3.63) is 65.9 Å². The Hall–Kier alpha value is -3.08. The number of piperidine rings is 1. The number of ether oxygens (including phenoxy) is 1. The van der Waals surface area contributed by atoms with Crippen molar-refractivity contribution in [3.63, 3.8) is 0 Å². The summed E-state index contributed by atoms with van der Waals surface area (Å²) in [6.45, 7) is 4.47. The molecule has 1 aliphatic heterocycles. The summed E-state index contributed by atoms with van der Waals surface area (Å²) >= 11 is 0. The molecule has 0 atom stereocenters. The molecule has 1 saturated heterocycles. The molecule has 3 aromatic rings. The number of pyridine rings is 1. The molecule has 156 valence electrons. The van der Waals surface area contributed by atoms with E-state index in [1.165, 1.54) is 11.1 Å². The molecule has 4 rings (SSSR count). The summed E-state index contributed by atoms with van der Waals surface area (Å²) in [4.78, 5) is 19.9. The monoisotopic (exact) mass is 403 g/mol. The van der Waals surface area contributed by atoms with Crippen LogP contribution in [0.4, 0.5) is 5.69 Å². The molecule has 5 heteroatoms. The predicted molar refractivity (Wildman–Crippen MR) is 121 cm³/mol. The highest BCUT2D eigenvalue weighted by Crippen LogP contribution is 2.30. The smallest absolute Gasteiger partial charge is 0.223 e. The number of hydrogen-bond donors (Lipinski definition) is 1. The number of hydrogen-bond acceptors (Lipinski definition) is 4. The maximum atomic E-state index is 12.7. The van der Waals surface area contributed by atoms with Crippen LogP contribution in [0.3, 0.4) is 0 Å². The van der Waals surface area contributed by atoms with Crippen molar-refractivity contribution in [1.82, 2.24) is 10.3 Å². The number of nitrogens with one attached hydrogen (secondary N) is 1. The van der Waals surface area contributed by atoms with E-state index in [2.05, 4.69) is 41.4 Å². The van der Waals surface area contributed by atoms with Crippen molar-refractivity contribution in [2.24, 2.45) is 5.92 Å². The van der Waals surface area contributed by atoms with Gasteiger partial charge in [-0.1, -0.05) is 37.3 Å². The van der Waals surface area contributed by atoms with Crippen LogP contribution in [0.5, 0.6) is 5.75 Å². The molecule has 0 saturated carbocycles. The average molecular weight is 404 g/mol. The minimum absolute atomic E-state index is 0.0678. The molecule has 0 radical (unpaired) electrons. The van der Waals surface area contributed by atoms with Gasteiger partial charge in [0.05, 0.1) is 12.6 Å². The second-order valence-corrected chi connectivity index (χ2v) is 7.83. The number of para-hydroxylation sites is 1. The highest BCUT2D eigenvalue weighted by Gasteiger charge is 2.26. The number of aryl methyl sites for hydroxylation is 1. The number of carbonyl (C=O) groups is 1. The number of methoxy groups -OCH3 is 1. The van der Waals surface area contributed by atoms with Crippen LogP contribution in [-0.4, -0.2) is 31.1 Å². The summed E-state index contributed by atoms with van der Waals surface area (Å²) in [6.07, 6.45) is 2.65. The molecule has 1 fully saturated rings. The van der Waals surface area contributed by atoms with Crippen LogP contribution in [0, 0.1) is 5.92 Å². The summed E-state index contributed by atoms with van der Waals surface area (Å²) in [5, 5.41) is 4.29. The number of rotatable bonds is 6. The first-order valence-corrected chi connectivity index (χ1v) is 10.7. The topological polar surface area (TPSA) is 54.5 Å². The van der Waals surface area contributed by atoms with Crippen LogP contribution >= 0.6 is 0 Å². The van der Waals surface area contributed by atoms with E-state index in [1.807, 2.05) is 30.3 Å². The third-order valence-corrected chi connectivity index (χ3v) is 5.94. The summed E-state index contributed by atoms with van der Waals surface area (Å²) in [6, 6.07) is 18.4. The van der Waals surface area contributed by atoms with Crippen molar-refractivity contribution < 1.29 is 9.53 Å². The lowest BCUT2D eigenvalue weighted by Gasteiger charge is -2.34. The van der Waals surface area contributed by atoms with Crippen LogP contribution in [-0.2, 0) is 17.8 Å². The summed E-state index contributed by atoms with van der Waals surface area (Å²) < 4.78 is 5.18.